The smallest absolute Gasteiger partial charge is 0.325 e. The van der Waals surface area contributed by atoms with Crippen LogP contribution < -0.4 is 5.32 Å². The van der Waals surface area contributed by atoms with Crippen LogP contribution in [0.1, 0.15) is 4.88 Å². The van der Waals surface area contributed by atoms with Crippen LogP contribution in [0.2, 0.25) is 0 Å². The molecule has 0 aliphatic heterocycles. The Morgan fingerprint density at radius 2 is 2.00 bits per heavy atom. The molecule has 0 radical (unpaired) electrons. The molecule has 0 unspecified atom stereocenters. The zero-order valence-electron chi connectivity index (χ0n) is 14.7. The van der Waals surface area contributed by atoms with Gasteiger partial charge in [-0.05, 0) is 46.1 Å². The molecule has 0 saturated carbocycles. The molecule has 154 valence electrons. The molecule has 0 atom stereocenters. The highest BCUT2D eigenvalue weighted by Crippen LogP contribution is 2.21. The number of carbonyl (C=O) groups excluding carboxylic acids is 1. The van der Waals surface area contributed by atoms with E-state index in [2.05, 4.69) is 20.8 Å². The molecule has 3 rings (SSSR count). The van der Waals surface area contributed by atoms with Gasteiger partial charge in [-0.2, -0.15) is 8.78 Å². The van der Waals surface area contributed by atoms with Gasteiger partial charge in [0.1, 0.15) is 0 Å². The molecule has 13 heteroatoms. The number of aryl methyl sites for hydroxylation is 2. The van der Waals surface area contributed by atoms with Gasteiger partial charge in [0.2, 0.25) is 20.9 Å². The first-order valence-electron chi connectivity index (χ1n) is 8.19. The van der Waals surface area contributed by atoms with Gasteiger partial charge >= 0.3 is 5.76 Å². The molecule has 0 bridgehead atoms. The number of alkyl halides is 2. The number of aromatic nitrogens is 4. The fourth-order valence-corrected chi connectivity index (χ4v) is 4.39. The van der Waals surface area contributed by atoms with E-state index in [-0.39, 0.29) is 11.7 Å². The molecule has 1 aromatic carbocycles. The molecular weight excluding hydrogens is 444 g/mol. The van der Waals surface area contributed by atoms with Gasteiger partial charge < -0.3 is 5.32 Å². The summed E-state index contributed by atoms with van der Waals surface area (Å²) in [6.45, 7) is 0.581. The Hall–Kier alpha value is -2.38. The number of tetrazole rings is 1. The highest BCUT2D eigenvalue weighted by molar-refractivity contribution is 7.99. The van der Waals surface area contributed by atoms with Crippen LogP contribution in [0, 0.1) is 0 Å². The van der Waals surface area contributed by atoms with Crippen molar-refractivity contribution in [3.05, 3.63) is 46.7 Å². The summed E-state index contributed by atoms with van der Waals surface area (Å²) < 4.78 is 49.5. The Bertz CT molecular complexity index is 1050. The van der Waals surface area contributed by atoms with Gasteiger partial charge in [-0.1, -0.05) is 17.8 Å². The third-order valence-corrected chi connectivity index (χ3v) is 6.97. The number of carbonyl (C=O) groups is 1. The number of hydrogen-bond donors (Lipinski definition) is 1. The van der Waals surface area contributed by atoms with E-state index in [9.17, 15) is 22.0 Å². The lowest BCUT2D eigenvalue weighted by molar-refractivity contribution is -0.113. The minimum Gasteiger partial charge on any atom is -0.325 e. The van der Waals surface area contributed by atoms with Crippen molar-refractivity contribution in [2.45, 2.75) is 28.8 Å². The Morgan fingerprint density at radius 3 is 2.66 bits per heavy atom. The fourth-order valence-electron chi connectivity index (χ4n) is 2.27. The summed E-state index contributed by atoms with van der Waals surface area (Å²) in [6.07, 6.45) is 0.774. The third-order valence-electron chi connectivity index (χ3n) is 3.68. The molecule has 3 aromatic rings. The number of amides is 1. The van der Waals surface area contributed by atoms with E-state index in [4.69, 9.17) is 0 Å². The highest BCUT2D eigenvalue weighted by atomic mass is 32.2. The number of anilines is 1. The number of nitrogens with zero attached hydrogens (tertiary/aromatic N) is 4. The van der Waals surface area contributed by atoms with E-state index in [1.54, 1.807) is 16.0 Å². The second-order valence-corrected chi connectivity index (χ2v) is 9.57. The Labute approximate surface area is 173 Å². The number of thiophene rings is 1. The Morgan fingerprint density at radius 1 is 1.24 bits per heavy atom. The van der Waals surface area contributed by atoms with Crippen molar-refractivity contribution in [3.63, 3.8) is 0 Å². The fraction of sp³-hybridized carbons (Fsp3) is 0.250. The first kappa shape index (κ1) is 21.3. The van der Waals surface area contributed by atoms with Crippen molar-refractivity contribution in [3.8, 4) is 0 Å². The van der Waals surface area contributed by atoms with E-state index in [1.807, 2.05) is 17.5 Å². The molecule has 0 spiro atoms. The molecule has 29 heavy (non-hydrogen) atoms. The second-order valence-electron chi connectivity index (χ2n) is 5.68. The standard InChI is InChI=1S/C16H15F2N5O3S3/c17-15(18)29(25,26)13-5-3-11(4-6-13)19-14(24)10-28-16-20-21-22-23(16)8-7-12-2-1-9-27-12/h1-6,9,15H,7-8,10H2,(H,19,24). The van der Waals surface area contributed by atoms with E-state index in [0.29, 0.717) is 17.4 Å². The highest BCUT2D eigenvalue weighted by Gasteiger charge is 2.26. The van der Waals surface area contributed by atoms with Gasteiger partial charge in [-0.3, -0.25) is 4.79 Å². The molecule has 2 heterocycles. The number of thioether (sulfide) groups is 1. The minimum atomic E-state index is -4.66. The largest absolute Gasteiger partial charge is 0.341 e. The molecule has 0 fully saturated rings. The number of benzene rings is 1. The van der Waals surface area contributed by atoms with E-state index >= 15 is 0 Å². The maximum Gasteiger partial charge on any atom is 0.341 e. The average molecular weight is 460 g/mol. The zero-order valence-corrected chi connectivity index (χ0v) is 17.2. The van der Waals surface area contributed by atoms with Crippen LogP contribution in [0.15, 0.2) is 51.8 Å². The summed E-state index contributed by atoms with van der Waals surface area (Å²) in [7, 11) is -4.66. The molecule has 1 N–H and O–H groups in total. The summed E-state index contributed by atoms with van der Waals surface area (Å²) >= 11 is 2.79. The van der Waals surface area contributed by atoms with E-state index in [0.717, 1.165) is 30.3 Å². The van der Waals surface area contributed by atoms with Crippen LogP contribution >= 0.6 is 23.1 Å². The molecule has 1 amide bonds. The van der Waals surface area contributed by atoms with Crippen LogP contribution in [0.25, 0.3) is 0 Å². The molecule has 0 aliphatic rings. The van der Waals surface area contributed by atoms with Gasteiger partial charge in [-0.25, -0.2) is 13.1 Å². The topological polar surface area (TPSA) is 107 Å². The summed E-state index contributed by atoms with van der Waals surface area (Å²) in [6, 6.07) is 8.54. The minimum absolute atomic E-state index is 0.0243. The summed E-state index contributed by atoms with van der Waals surface area (Å²) in [5.41, 5.74) is 0.293. The van der Waals surface area contributed by atoms with Gasteiger partial charge in [0.05, 0.1) is 17.2 Å². The van der Waals surface area contributed by atoms with Gasteiger partial charge in [-0.15, -0.1) is 16.4 Å². The number of sulfone groups is 1. The van der Waals surface area contributed by atoms with Crippen LogP contribution in [0.5, 0.6) is 0 Å². The quantitative estimate of drug-likeness (QED) is 0.490. The van der Waals surface area contributed by atoms with Gasteiger partial charge in [0.15, 0.2) is 0 Å². The predicted molar refractivity (Wildman–Crippen MR) is 105 cm³/mol. The summed E-state index contributed by atoms with van der Waals surface area (Å²) in [5.74, 6) is -3.84. The number of nitrogens with one attached hydrogen (secondary N) is 1. The normalized spacial score (nSPS) is 11.7. The third kappa shape index (κ3) is 5.58. The Kier molecular flexibility index (Phi) is 6.92. The van der Waals surface area contributed by atoms with Crippen molar-refractivity contribution < 1.29 is 22.0 Å². The summed E-state index contributed by atoms with van der Waals surface area (Å²) in [4.78, 5) is 12.8. The molecule has 2 aromatic heterocycles. The SMILES string of the molecule is O=C(CSc1nnnn1CCc1cccs1)Nc1ccc(S(=O)(=O)C(F)F)cc1. The van der Waals surface area contributed by atoms with Crippen molar-refractivity contribution >= 4 is 44.5 Å². The van der Waals surface area contributed by atoms with E-state index in [1.165, 1.54) is 17.0 Å². The molecule has 0 aliphatic carbocycles. The van der Waals surface area contributed by atoms with Crippen molar-refractivity contribution in [2.24, 2.45) is 0 Å². The maximum atomic E-state index is 12.5. The van der Waals surface area contributed by atoms with Crippen molar-refractivity contribution in [1.82, 2.24) is 20.2 Å². The van der Waals surface area contributed by atoms with Crippen LogP contribution in [-0.2, 0) is 27.6 Å². The lowest BCUT2D eigenvalue weighted by atomic mass is 10.3. The maximum absolute atomic E-state index is 12.5. The Balaban J connectivity index is 1.52. The second kappa shape index (κ2) is 9.41. The van der Waals surface area contributed by atoms with E-state index < -0.39 is 20.5 Å². The first-order valence-corrected chi connectivity index (χ1v) is 11.6. The predicted octanol–water partition coefficient (Wildman–Crippen LogP) is 2.70. The lowest BCUT2D eigenvalue weighted by Crippen LogP contribution is -2.15. The average Bonchev–Trinajstić information content (AvgIpc) is 3.36. The van der Waals surface area contributed by atoms with Crippen LogP contribution in [-0.4, -0.2) is 46.0 Å². The number of rotatable bonds is 9. The van der Waals surface area contributed by atoms with Gasteiger partial charge in [0, 0.05) is 17.0 Å². The summed E-state index contributed by atoms with van der Waals surface area (Å²) in [5, 5.41) is 16.5. The number of halogens is 2. The van der Waals surface area contributed by atoms with Crippen molar-refractivity contribution in [2.75, 3.05) is 11.1 Å². The first-order chi connectivity index (χ1) is 13.9. The van der Waals surface area contributed by atoms with Gasteiger partial charge in [0.25, 0.3) is 0 Å². The van der Waals surface area contributed by atoms with Crippen LogP contribution in [0.3, 0.4) is 0 Å². The molecule has 0 saturated heterocycles. The lowest BCUT2D eigenvalue weighted by Gasteiger charge is -2.07. The van der Waals surface area contributed by atoms with Crippen LogP contribution in [0.4, 0.5) is 14.5 Å². The van der Waals surface area contributed by atoms with Crippen molar-refractivity contribution in [1.29, 1.82) is 0 Å². The zero-order chi connectivity index (χ0) is 20.9. The monoisotopic (exact) mass is 459 g/mol. The molecule has 8 nitrogen and oxygen atoms in total. The number of hydrogen-bond acceptors (Lipinski definition) is 8. The molecular formula is C16H15F2N5O3S3.